The molecular weight excluding hydrogens is 589 g/mol. The Labute approximate surface area is 251 Å². The van der Waals surface area contributed by atoms with E-state index in [1.807, 2.05) is 0 Å². The summed E-state index contributed by atoms with van der Waals surface area (Å²) in [4.78, 5) is 53.9. The van der Waals surface area contributed by atoms with Crippen LogP contribution in [0.3, 0.4) is 0 Å². The fourth-order valence-electron chi connectivity index (χ4n) is 4.73. The highest BCUT2D eigenvalue weighted by molar-refractivity contribution is 6.42. The highest BCUT2D eigenvalue weighted by Crippen LogP contribution is 2.30. The van der Waals surface area contributed by atoms with E-state index in [0.29, 0.717) is 16.7 Å². The van der Waals surface area contributed by atoms with Gasteiger partial charge in [0.2, 0.25) is 17.7 Å². The fraction of sp³-hybridized carbons (Fsp3) is 0.267. The molecule has 0 saturated heterocycles. The topological polar surface area (TPSA) is 122 Å². The van der Waals surface area contributed by atoms with Crippen molar-refractivity contribution in [2.24, 2.45) is 5.73 Å². The molecule has 0 saturated carbocycles. The number of rotatable bonds is 10. The number of Topliss-reactive ketones (excluding diaryl/α,β-unsaturated/α-hetero) is 1. The van der Waals surface area contributed by atoms with E-state index in [4.69, 9.17) is 28.9 Å². The minimum atomic E-state index is -1.18. The normalized spacial score (nSPS) is 15.0. The van der Waals surface area contributed by atoms with Crippen molar-refractivity contribution in [1.29, 1.82) is 0 Å². The van der Waals surface area contributed by atoms with Crippen molar-refractivity contribution < 1.29 is 28.0 Å². The molecule has 0 radical (unpaired) electrons. The van der Waals surface area contributed by atoms with Gasteiger partial charge in [-0.05, 0) is 48.4 Å². The third-order valence-corrected chi connectivity index (χ3v) is 7.75. The lowest BCUT2D eigenvalue weighted by molar-refractivity contribution is -0.142. The number of ketones is 1. The van der Waals surface area contributed by atoms with E-state index in [-0.39, 0.29) is 60.3 Å². The number of halogens is 4. The van der Waals surface area contributed by atoms with Gasteiger partial charge in [0.1, 0.15) is 17.9 Å². The van der Waals surface area contributed by atoms with Crippen molar-refractivity contribution >= 4 is 52.4 Å². The lowest BCUT2D eigenvalue weighted by Crippen LogP contribution is -2.56. The molecule has 1 aliphatic rings. The Hall–Kier alpha value is -3.86. The molecule has 1 aliphatic heterocycles. The van der Waals surface area contributed by atoms with Gasteiger partial charge in [-0.15, -0.1) is 0 Å². The molecule has 3 amide bonds. The van der Waals surface area contributed by atoms with Gasteiger partial charge in [-0.3, -0.25) is 19.2 Å². The number of carbonyl (C=O) groups is 4. The number of nitrogens with one attached hydrogen (secondary N) is 2. The Bertz CT molecular complexity index is 1510. The highest BCUT2D eigenvalue weighted by Gasteiger charge is 2.36. The van der Waals surface area contributed by atoms with E-state index in [9.17, 15) is 28.0 Å². The van der Waals surface area contributed by atoms with Crippen LogP contribution in [0.25, 0.3) is 0 Å². The van der Waals surface area contributed by atoms with Crippen LogP contribution in [0.5, 0.6) is 0 Å². The summed E-state index contributed by atoms with van der Waals surface area (Å²) in [6.07, 6.45) is -0.199. The van der Waals surface area contributed by atoms with E-state index in [1.165, 1.54) is 29.2 Å². The quantitative estimate of drug-likeness (QED) is 0.226. The van der Waals surface area contributed by atoms with Gasteiger partial charge < -0.3 is 21.3 Å². The van der Waals surface area contributed by atoms with Crippen molar-refractivity contribution in [1.82, 2.24) is 10.2 Å². The summed E-state index contributed by atoms with van der Waals surface area (Å²) < 4.78 is 28.5. The maximum atomic E-state index is 14.5. The van der Waals surface area contributed by atoms with E-state index in [0.717, 1.165) is 0 Å². The van der Waals surface area contributed by atoms with Crippen molar-refractivity contribution in [3.05, 3.63) is 99.0 Å². The minimum absolute atomic E-state index is 0.00849. The SMILES string of the molecule is NCC[C@H](NC(=O)[C@@H]1Cc2ccc(F)cc2CN1C(=O)CCC(=O)c1ccccc1)C(=O)Nc1ccc(Cl)c(Cl)c1F. The highest BCUT2D eigenvalue weighted by atomic mass is 35.5. The number of fused-ring (bicyclic) bond motifs is 1. The molecule has 3 aromatic rings. The second-order valence-electron chi connectivity index (χ2n) is 9.79. The van der Waals surface area contributed by atoms with Gasteiger partial charge >= 0.3 is 0 Å². The Morgan fingerprint density at radius 3 is 2.43 bits per heavy atom. The summed E-state index contributed by atoms with van der Waals surface area (Å²) >= 11 is 11.7. The van der Waals surface area contributed by atoms with Crippen LogP contribution < -0.4 is 16.4 Å². The van der Waals surface area contributed by atoms with Crippen molar-refractivity contribution in [2.45, 2.75) is 44.3 Å². The van der Waals surface area contributed by atoms with Gasteiger partial charge in [0.05, 0.1) is 15.7 Å². The fourth-order valence-corrected chi connectivity index (χ4v) is 5.04. The average molecular weight is 617 g/mol. The van der Waals surface area contributed by atoms with Crippen LogP contribution in [0.2, 0.25) is 10.0 Å². The summed E-state index contributed by atoms with van der Waals surface area (Å²) in [6.45, 7) is -0.0506. The monoisotopic (exact) mass is 616 g/mol. The Kier molecular flexibility index (Phi) is 10.3. The lowest BCUT2D eigenvalue weighted by Gasteiger charge is -2.37. The lowest BCUT2D eigenvalue weighted by atomic mass is 9.92. The van der Waals surface area contributed by atoms with Gasteiger partial charge in [0.25, 0.3) is 0 Å². The third-order valence-electron chi connectivity index (χ3n) is 6.96. The first kappa shape index (κ1) is 31.1. The van der Waals surface area contributed by atoms with Gasteiger partial charge in [-0.2, -0.15) is 0 Å². The molecule has 42 heavy (non-hydrogen) atoms. The molecule has 8 nitrogen and oxygen atoms in total. The molecule has 12 heteroatoms. The number of hydrogen-bond acceptors (Lipinski definition) is 5. The third kappa shape index (κ3) is 7.31. The van der Waals surface area contributed by atoms with E-state index >= 15 is 0 Å². The van der Waals surface area contributed by atoms with Crippen LogP contribution in [-0.4, -0.2) is 47.0 Å². The maximum Gasteiger partial charge on any atom is 0.247 e. The second kappa shape index (κ2) is 13.9. The van der Waals surface area contributed by atoms with Gasteiger partial charge in [0.15, 0.2) is 11.6 Å². The zero-order valence-corrected chi connectivity index (χ0v) is 23.9. The Morgan fingerprint density at radius 2 is 1.71 bits per heavy atom. The molecule has 0 spiro atoms. The first-order valence-electron chi connectivity index (χ1n) is 13.2. The molecule has 4 N–H and O–H groups in total. The number of hydrogen-bond donors (Lipinski definition) is 3. The van der Waals surface area contributed by atoms with Crippen LogP contribution in [0, 0.1) is 11.6 Å². The van der Waals surface area contributed by atoms with E-state index in [2.05, 4.69) is 10.6 Å². The number of nitrogens with zero attached hydrogens (tertiary/aromatic N) is 1. The van der Waals surface area contributed by atoms with Crippen LogP contribution in [0.15, 0.2) is 60.7 Å². The molecule has 4 rings (SSSR count). The first-order valence-corrected chi connectivity index (χ1v) is 13.9. The molecule has 220 valence electrons. The zero-order chi connectivity index (χ0) is 30.4. The maximum absolute atomic E-state index is 14.5. The summed E-state index contributed by atoms with van der Waals surface area (Å²) in [5, 5.41) is 4.61. The van der Waals surface area contributed by atoms with Crippen LogP contribution in [0.4, 0.5) is 14.5 Å². The van der Waals surface area contributed by atoms with E-state index < -0.39 is 41.4 Å². The summed E-state index contributed by atoms with van der Waals surface area (Å²) in [7, 11) is 0. The molecule has 0 aromatic heterocycles. The number of benzene rings is 3. The number of carbonyl (C=O) groups excluding carboxylic acids is 4. The molecule has 2 atom stereocenters. The summed E-state index contributed by atoms with van der Waals surface area (Å²) in [6, 6.07) is 12.9. The molecule has 0 aliphatic carbocycles. The molecule has 1 heterocycles. The van der Waals surface area contributed by atoms with Gasteiger partial charge in [-0.1, -0.05) is 59.6 Å². The van der Waals surface area contributed by atoms with E-state index in [1.54, 1.807) is 36.4 Å². The second-order valence-corrected chi connectivity index (χ2v) is 10.6. The molecule has 3 aromatic carbocycles. The smallest absolute Gasteiger partial charge is 0.247 e. The van der Waals surface area contributed by atoms with Gasteiger partial charge in [0, 0.05) is 31.4 Å². The largest absolute Gasteiger partial charge is 0.342 e. The van der Waals surface area contributed by atoms with Crippen LogP contribution >= 0.6 is 23.2 Å². The zero-order valence-electron chi connectivity index (χ0n) is 22.3. The predicted molar refractivity (Wildman–Crippen MR) is 155 cm³/mol. The predicted octanol–water partition coefficient (Wildman–Crippen LogP) is 4.66. The molecular formula is C30H28Cl2F2N4O4. The number of anilines is 1. The first-order chi connectivity index (χ1) is 20.1. The van der Waals surface area contributed by atoms with Crippen LogP contribution in [-0.2, 0) is 27.3 Å². The number of amides is 3. The van der Waals surface area contributed by atoms with Crippen molar-refractivity contribution in [3.63, 3.8) is 0 Å². The number of nitrogens with two attached hydrogens (primary N) is 1. The minimum Gasteiger partial charge on any atom is -0.342 e. The summed E-state index contributed by atoms with van der Waals surface area (Å²) in [5.74, 6) is -3.55. The molecule has 0 fully saturated rings. The van der Waals surface area contributed by atoms with Crippen molar-refractivity contribution in [2.75, 3.05) is 11.9 Å². The van der Waals surface area contributed by atoms with Crippen LogP contribution in [0.1, 0.15) is 40.7 Å². The molecule has 0 unspecified atom stereocenters. The van der Waals surface area contributed by atoms with Gasteiger partial charge in [-0.25, -0.2) is 8.78 Å². The Balaban J connectivity index is 1.52. The summed E-state index contributed by atoms with van der Waals surface area (Å²) in [5.41, 5.74) is 7.10. The average Bonchev–Trinajstić information content (AvgIpc) is 2.99. The van der Waals surface area contributed by atoms with Crippen molar-refractivity contribution in [3.8, 4) is 0 Å². The standard InChI is InChI=1S/C30H28Cl2F2N4O4/c31-21-8-9-22(28(34)27(21)32)36-29(41)23(12-13-35)37-30(42)24-15-18-6-7-20(33)14-19(18)16-38(24)26(40)11-10-25(39)17-4-2-1-3-5-17/h1-9,14,23-24H,10-13,15-16,35H2,(H,36,41)(H,37,42)/t23-,24-/m0/s1. The molecule has 0 bridgehead atoms. The Morgan fingerprint density at radius 1 is 0.976 bits per heavy atom.